The van der Waals surface area contributed by atoms with Gasteiger partial charge in [0.15, 0.2) is 0 Å². The lowest BCUT2D eigenvalue weighted by Gasteiger charge is -2.17. The first-order valence-electron chi connectivity index (χ1n) is 8.38. The van der Waals surface area contributed by atoms with E-state index in [1.54, 1.807) is 12.1 Å². The molecule has 2 aromatic carbocycles. The van der Waals surface area contributed by atoms with Crippen LogP contribution in [0.25, 0.3) is 0 Å². The van der Waals surface area contributed by atoms with Gasteiger partial charge in [-0.05, 0) is 41.3 Å². The van der Waals surface area contributed by atoms with Crippen molar-refractivity contribution < 1.29 is 18.7 Å². The third-order valence-corrected chi connectivity index (χ3v) is 3.98. The number of ether oxygens (including phenoxy) is 1. The maximum Gasteiger partial charge on any atom is 0.328 e. The molecule has 0 spiro atoms. The van der Waals surface area contributed by atoms with E-state index in [2.05, 4.69) is 24.5 Å². The van der Waals surface area contributed by atoms with E-state index in [0.717, 1.165) is 0 Å². The van der Waals surface area contributed by atoms with Crippen LogP contribution in [0.5, 0.6) is 0 Å². The molecule has 0 aliphatic rings. The Kier molecular flexibility index (Phi) is 6.72. The first-order valence-corrected chi connectivity index (χ1v) is 8.38. The summed E-state index contributed by atoms with van der Waals surface area (Å²) in [6, 6.07) is 11.8. The van der Waals surface area contributed by atoms with E-state index in [9.17, 15) is 14.0 Å². The highest BCUT2D eigenvalue weighted by Gasteiger charge is 2.22. The highest BCUT2D eigenvalue weighted by Crippen LogP contribution is 2.17. The molecule has 0 aliphatic heterocycles. The van der Waals surface area contributed by atoms with Crippen molar-refractivity contribution in [2.24, 2.45) is 0 Å². The molecule has 1 unspecified atom stereocenters. The van der Waals surface area contributed by atoms with Crippen molar-refractivity contribution in [3.63, 3.8) is 0 Å². The van der Waals surface area contributed by atoms with E-state index in [0.29, 0.717) is 17.2 Å². The van der Waals surface area contributed by atoms with E-state index < -0.39 is 18.0 Å². The quantitative estimate of drug-likeness (QED) is 0.771. The van der Waals surface area contributed by atoms with Crippen LogP contribution < -0.4 is 10.6 Å². The molecule has 0 aliphatic carbocycles. The van der Waals surface area contributed by atoms with Crippen LogP contribution in [-0.4, -0.2) is 25.2 Å². The van der Waals surface area contributed by atoms with Crippen LogP contribution in [0.1, 0.15) is 30.9 Å². The molecule has 6 heteroatoms. The molecule has 2 N–H and O–H groups in total. The number of rotatable bonds is 6. The van der Waals surface area contributed by atoms with Crippen molar-refractivity contribution in [3.05, 3.63) is 65.5 Å². The molecule has 26 heavy (non-hydrogen) atoms. The molecule has 0 fully saturated rings. The van der Waals surface area contributed by atoms with E-state index >= 15 is 0 Å². The Morgan fingerprint density at radius 2 is 1.65 bits per heavy atom. The predicted molar refractivity (Wildman–Crippen MR) is 98.6 cm³/mol. The number of anilines is 1. The fraction of sp³-hybridized carbons (Fsp3) is 0.300. The lowest BCUT2D eigenvalue weighted by molar-refractivity contribution is -0.142. The number of nitrogens with one attached hydrogen (secondary N) is 2. The van der Waals surface area contributed by atoms with Gasteiger partial charge in [-0.25, -0.2) is 14.0 Å². The zero-order valence-corrected chi connectivity index (χ0v) is 15.1. The van der Waals surface area contributed by atoms with E-state index in [1.165, 1.54) is 24.8 Å². The summed E-state index contributed by atoms with van der Waals surface area (Å²) in [7, 11) is 1.25. The summed E-state index contributed by atoms with van der Waals surface area (Å²) in [5.41, 5.74) is 2.50. The normalized spacial score (nSPS) is 11.7. The molecule has 1 atom stereocenters. The number of esters is 1. The third kappa shape index (κ3) is 5.58. The zero-order chi connectivity index (χ0) is 19.1. The van der Waals surface area contributed by atoms with Crippen LogP contribution in [-0.2, 0) is 16.0 Å². The summed E-state index contributed by atoms with van der Waals surface area (Å²) in [6.45, 7) is 4.18. The standard InChI is InChI=1S/C20H23FN2O3/c1-13(2)15-6-10-17(11-7-15)22-20(25)23-18(19(24)26-3)12-14-4-8-16(21)9-5-14/h4-11,13,18H,12H2,1-3H3,(H2,22,23,25). The minimum Gasteiger partial charge on any atom is -0.467 e. The number of hydrogen-bond donors (Lipinski definition) is 2. The van der Waals surface area contributed by atoms with Gasteiger partial charge in [0.25, 0.3) is 0 Å². The minimum atomic E-state index is -0.875. The van der Waals surface area contributed by atoms with Gasteiger partial charge in [-0.15, -0.1) is 0 Å². The van der Waals surface area contributed by atoms with Crippen LogP contribution in [0.15, 0.2) is 48.5 Å². The molecule has 0 bridgehead atoms. The van der Waals surface area contributed by atoms with Crippen molar-refractivity contribution in [3.8, 4) is 0 Å². The smallest absolute Gasteiger partial charge is 0.328 e. The molecule has 2 rings (SSSR count). The summed E-state index contributed by atoms with van der Waals surface area (Å²) in [5, 5.41) is 5.29. The topological polar surface area (TPSA) is 67.4 Å². The summed E-state index contributed by atoms with van der Waals surface area (Å²) < 4.78 is 17.8. The van der Waals surface area contributed by atoms with Gasteiger partial charge in [0.1, 0.15) is 11.9 Å². The second-order valence-corrected chi connectivity index (χ2v) is 6.28. The van der Waals surface area contributed by atoms with Crippen LogP contribution in [0.3, 0.4) is 0 Å². The number of hydrogen-bond acceptors (Lipinski definition) is 3. The molecule has 0 aromatic heterocycles. The highest BCUT2D eigenvalue weighted by atomic mass is 19.1. The SMILES string of the molecule is COC(=O)C(Cc1ccc(F)cc1)NC(=O)Nc1ccc(C(C)C)cc1. The number of carbonyl (C=O) groups excluding carboxylic acids is 2. The molecule has 0 saturated carbocycles. The van der Waals surface area contributed by atoms with Crippen molar-refractivity contribution in [1.29, 1.82) is 0 Å². The van der Waals surface area contributed by atoms with Crippen LogP contribution in [0.2, 0.25) is 0 Å². The first-order chi connectivity index (χ1) is 12.4. The van der Waals surface area contributed by atoms with Crippen molar-refractivity contribution >= 4 is 17.7 Å². The van der Waals surface area contributed by atoms with Gasteiger partial charge in [-0.3, -0.25) is 0 Å². The lowest BCUT2D eigenvalue weighted by Crippen LogP contribution is -2.45. The Bertz CT molecular complexity index is 743. The number of benzene rings is 2. The molecule has 2 amide bonds. The van der Waals surface area contributed by atoms with E-state index in [1.807, 2.05) is 24.3 Å². The predicted octanol–water partition coefficient (Wildman–Crippen LogP) is 3.85. The first kappa shape index (κ1) is 19.4. The van der Waals surface area contributed by atoms with E-state index in [-0.39, 0.29) is 12.2 Å². The molecule has 2 aromatic rings. The molecular weight excluding hydrogens is 335 g/mol. The van der Waals surface area contributed by atoms with Gasteiger partial charge >= 0.3 is 12.0 Å². The molecule has 0 radical (unpaired) electrons. The van der Waals surface area contributed by atoms with Gasteiger partial charge < -0.3 is 15.4 Å². The Morgan fingerprint density at radius 3 is 2.19 bits per heavy atom. The van der Waals surface area contributed by atoms with Gasteiger partial charge in [0.2, 0.25) is 0 Å². The molecule has 0 heterocycles. The zero-order valence-electron chi connectivity index (χ0n) is 15.1. The number of amides is 2. The maximum absolute atomic E-state index is 13.0. The summed E-state index contributed by atoms with van der Waals surface area (Å²) in [4.78, 5) is 24.2. The average molecular weight is 358 g/mol. The van der Waals surface area contributed by atoms with Crippen molar-refractivity contribution in [1.82, 2.24) is 5.32 Å². The number of halogens is 1. The van der Waals surface area contributed by atoms with Crippen LogP contribution >= 0.6 is 0 Å². The lowest BCUT2D eigenvalue weighted by atomic mass is 10.0. The van der Waals surface area contributed by atoms with Gasteiger partial charge in [-0.1, -0.05) is 38.1 Å². The summed E-state index contributed by atoms with van der Waals surface area (Å²) >= 11 is 0. The average Bonchev–Trinajstić information content (AvgIpc) is 2.62. The molecule has 0 saturated heterocycles. The number of methoxy groups -OCH3 is 1. The monoisotopic (exact) mass is 358 g/mol. The fourth-order valence-corrected chi connectivity index (χ4v) is 2.47. The maximum atomic E-state index is 13.0. The van der Waals surface area contributed by atoms with Crippen LogP contribution in [0, 0.1) is 5.82 Å². The molecule has 138 valence electrons. The number of carbonyl (C=O) groups is 2. The summed E-state index contributed by atoms with van der Waals surface area (Å²) in [6.07, 6.45) is 0.201. The Labute approximate surface area is 152 Å². The summed E-state index contributed by atoms with van der Waals surface area (Å²) in [5.74, 6) is -0.532. The third-order valence-electron chi connectivity index (χ3n) is 3.98. The Hall–Kier alpha value is -2.89. The van der Waals surface area contributed by atoms with Crippen molar-refractivity contribution in [2.75, 3.05) is 12.4 Å². The van der Waals surface area contributed by atoms with Gasteiger partial charge in [0.05, 0.1) is 7.11 Å². The second-order valence-electron chi connectivity index (χ2n) is 6.28. The Morgan fingerprint density at radius 1 is 1.04 bits per heavy atom. The minimum absolute atomic E-state index is 0.201. The number of urea groups is 1. The van der Waals surface area contributed by atoms with Gasteiger partial charge in [0, 0.05) is 12.1 Å². The highest BCUT2D eigenvalue weighted by molar-refractivity contribution is 5.92. The Balaban J connectivity index is 2.01. The fourth-order valence-electron chi connectivity index (χ4n) is 2.47. The molecule has 5 nitrogen and oxygen atoms in total. The van der Waals surface area contributed by atoms with Gasteiger partial charge in [-0.2, -0.15) is 0 Å². The second kappa shape index (κ2) is 8.99. The van der Waals surface area contributed by atoms with Crippen LogP contribution in [0.4, 0.5) is 14.9 Å². The molecular formula is C20H23FN2O3. The van der Waals surface area contributed by atoms with Crippen molar-refractivity contribution in [2.45, 2.75) is 32.2 Å². The van der Waals surface area contributed by atoms with E-state index in [4.69, 9.17) is 4.74 Å². The largest absolute Gasteiger partial charge is 0.467 e.